The fourth-order valence-corrected chi connectivity index (χ4v) is 2.03. The van der Waals surface area contributed by atoms with Crippen LogP contribution in [0.2, 0.25) is 5.02 Å². The van der Waals surface area contributed by atoms with E-state index in [0.717, 1.165) is 5.56 Å². The van der Waals surface area contributed by atoms with Gasteiger partial charge in [-0.25, -0.2) is 4.98 Å². The predicted molar refractivity (Wildman–Crippen MR) is 81.0 cm³/mol. The van der Waals surface area contributed by atoms with Crippen LogP contribution >= 0.6 is 11.6 Å². The minimum Gasteiger partial charge on any atom is -0.366 e. The number of carbonyl (C=O) groups is 1. The Balaban J connectivity index is 2.17. The summed E-state index contributed by atoms with van der Waals surface area (Å²) < 4.78 is 0. The molecule has 2 rings (SSSR count). The number of primary amides is 1. The first kappa shape index (κ1) is 14.8. The van der Waals surface area contributed by atoms with Crippen LogP contribution in [0.3, 0.4) is 0 Å². The summed E-state index contributed by atoms with van der Waals surface area (Å²) in [6.45, 7) is 1.95. The van der Waals surface area contributed by atoms with Gasteiger partial charge in [0.25, 0.3) is 0 Å². The molecule has 0 bridgehead atoms. The van der Waals surface area contributed by atoms with Crippen molar-refractivity contribution in [1.82, 2.24) is 4.98 Å². The molecule has 0 spiro atoms. The van der Waals surface area contributed by atoms with Gasteiger partial charge in [-0.1, -0.05) is 23.7 Å². The van der Waals surface area contributed by atoms with Gasteiger partial charge < -0.3 is 11.1 Å². The van der Waals surface area contributed by atoms with Gasteiger partial charge in [0.1, 0.15) is 5.82 Å². The molecule has 5 nitrogen and oxygen atoms in total. The van der Waals surface area contributed by atoms with Crippen LogP contribution in [0.1, 0.15) is 34.5 Å². The van der Waals surface area contributed by atoms with E-state index in [2.05, 4.69) is 16.4 Å². The van der Waals surface area contributed by atoms with Crippen molar-refractivity contribution in [2.45, 2.75) is 13.0 Å². The number of nitrogens with two attached hydrogens (primary N) is 1. The Hall–Kier alpha value is -2.58. The van der Waals surface area contributed by atoms with Crippen LogP contribution in [0.4, 0.5) is 5.82 Å². The standard InChI is InChI=1S/C15H13ClN4O/c1-9(11-4-2-10(7-17)3-5-11)20-15-13(16)6-12(8-19-15)14(18)21/h2-6,8-9H,1H3,(H2,18,21)(H,19,20). The summed E-state index contributed by atoms with van der Waals surface area (Å²) in [5.41, 5.74) is 7.02. The third kappa shape index (κ3) is 3.50. The van der Waals surface area contributed by atoms with Crippen molar-refractivity contribution in [2.24, 2.45) is 5.73 Å². The minimum atomic E-state index is -0.573. The first-order chi connectivity index (χ1) is 10.0. The van der Waals surface area contributed by atoms with E-state index >= 15 is 0 Å². The Morgan fingerprint density at radius 1 is 1.43 bits per heavy atom. The Bertz CT molecular complexity index is 707. The number of hydrogen-bond acceptors (Lipinski definition) is 4. The molecule has 2 aromatic rings. The van der Waals surface area contributed by atoms with Crippen molar-refractivity contribution in [2.75, 3.05) is 5.32 Å². The fourth-order valence-electron chi connectivity index (χ4n) is 1.81. The number of anilines is 1. The highest BCUT2D eigenvalue weighted by Gasteiger charge is 2.11. The Morgan fingerprint density at radius 2 is 2.10 bits per heavy atom. The second kappa shape index (κ2) is 6.25. The van der Waals surface area contributed by atoms with E-state index in [1.54, 1.807) is 12.1 Å². The molecule has 0 aliphatic heterocycles. The molecular formula is C15H13ClN4O. The molecule has 21 heavy (non-hydrogen) atoms. The zero-order valence-electron chi connectivity index (χ0n) is 11.3. The van der Waals surface area contributed by atoms with Crippen LogP contribution in [-0.2, 0) is 0 Å². The second-order valence-electron chi connectivity index (χ2n) is 4.52. The predicted octanol–water partition coefficient (Wildman–Crippen LogP) is 2.88. The number of hydrogen-bond donors (Lipinski definition) is 2. The van der Waals surface area contributed by atoms with Gasteiger partial charge in [0.15, 0.2) is 0 Å². The van der Waals surface area contributed by atoms with E-state index in [1.165, 1.54) is 12.3 Å². The number of amides is 1. The van der Waals surface area contributed by atoms with Gasteiger partial charge in [-0.15, -0.1) is 0 Å². The zero-order valence-corrected chi connectivity index (χ0v) is 12.1. The van der Waals surface area contributed by atoms with Crippen LogP contribution in [0.15, 0.2) is 36.5 Å². The highest BCUT2D eigenvalue weighted by atomic mass is 35.5. The van der Waals surface area contributed by atoms with Gasteiger partial charge >= 0.3 is 0 Å². The Kier molecular flexibility index (Phi) is 4.41. The van der Waals surface area contributed by atoms with Crippen molar-refractivity contribution in [1.29, 1.82) is 5.26 Å². The minimum absolute atomic E-state index is 0.0535. The summed E-state index contributed by atoms with van der Waals surface area (Å²) in [5.74, 6) is -0.102. The Labute approximate surface area is 127 Å². The number of nitrogens with zero attached hydrogens (tertiary/aromatic N) is 2. The van der Waals surface area contributed by atoms with E-state index in [0.29, 0.717) is 16.4 Å². The lowest BCUT2D eigenvalue weighted by atomic mass is 10.1. The SMILES string of the molecule is CC(Nc1ncc(C(N)=O)cc1Cl)c1ccc(C#N)cc1. The first-order valence-electron chi connectivity index (χ1n) is 6.23. The summed E-state index contributed by atoms with van der Waals surface area (Å²) in [6.07, 6.45) is 1.38. The van der Waals surface area contributed by atoms with Crippen molar-refractivity contribution < 1.29 is 4.79 Å². The molecule has 0 saturated carbocycles. The number of halogens is 1. The summed E-state index contributed by atoms with van der Waals surface area (Å²) in [4.78, 5) is 15.1. The van der Waals surface area contributed by atoms with Crippen molar-refractivity contribution in [3.05, 3.63) is 58.2 Å². The summed E-state index contributed by atoms with van der Waals surface area (Å²) in [6, 6.07) is 10.7. The zero-order chi connectivity index (χ0) is 15.4. The van der Waals surface area contributed by atoms with Crippen LogP contribution in [-0.4, -0.2) is 10.9 Å². The van der Waals surface area contributed by atoms with E-state index in [-0.39, 0.29) is 11.6 Å². The molecule has 0 fully saturated rings. The first-order valence-corrected chi connectivity index (χ1v) is 6.61. The molecule has 1 unspecified atom stereocenters. The normalized spacial score (nSPS) is 11.5. The quantitative estimate of drug-likeness (QED) is 0.908. The van der Waals surface area contributed by atoms with E-state index < -0.39 is 5.91 Å². The number of rotatable bonds is 4. The monoisotopic (exact) mass is 300 g/mol. The molecule has 0 aliphatic rings. The van der Waals surface area contributed by atoms with Crippen LogP contribution in [0.25, 0.3) is 0 Å². The van der Waals surface area contributed by atoms with Crippen molar-refractivity contribution in [3.63, 3.8) is 0 Å². The van der Waals surface area contributed by atoms with Gasteiger partial charge in [0.05, 0.1) is 22.2 Å². The molecule has 0 radical (unpaired) electrons. The van der Waals surface area contributed by atoms with E-state index in [9.17, 15) is 4.79 Å². The van der Waals surface area contributed by atoms with E-state index in [1.807, 2.05) is 19.1 Å². The van der Waals surface area contributed by atoms with Gasteiger partial charge in [-0.2, -0.15) is 5.26 Å². The molecule has 1 heterocycles. The molecular weight excluding hydrogens is 288 g/mol. The molecule has 1 atom stereocenters. The van der Waals surface area contributed by atoms with Crippen LogP contribution in [0, 0.1) is 11.3 Å². The molecule has 0 aliphatic carbocycles. The smallest absolute Gasteiger partial charge is 0.250 e. The molecule has 6 heteroatoms. The third-order valence-corrected chi connectivity index (χ3v) is 3.31. The third-order valence-electron chi connectivity index (χ3n) is 3.02. The van der Waals surface area contributed by atoms with Crippen molar-refractivity contribution >= 4 is 23.3 Å². The fraction of sp³-hybridized carbons (Fsp3) is 0.133. The number of nitriles is 1. The molecule has 106 valence electrons. The number of aromatic nitrogens is 1. The second-order valence-corrected chi connectivity index (χ2v) is 4.93. The van der Waals surface area contributed by atoms with Gasteiger partial charge in [-0.3, -0.25) is 4.79 Å². The van der Waals surface area contributed by atoms with Gasteiger partial charge in [0.2, 0.25) is 5.91 Å². The van der Waals surface area contributed by atoms with Crippen LogP contribution in [0.5, 0.6) is 0 Å². The number of carbonyl (C=O) groups excluding carboxylic acids is 1. The maximum atomic E-state index is 11.0. The number of benzene rings is 1. The average Bonchev–Trinajstić information content (AvgIpc) is 2.49. The summed E-state index contributed by atoms with van der Waals surface area (Å²) in [7, 11) is 0. The number of pyridine rings is 1. The molecule has 0 saturated heterocycles. The largest absolute Gasteiger partial charge is 0.366 e. The average molecular weight is 301 g/mol. The van der Waals surface area contributed by atoms with Crippen LogP contribution < -0.4 is 11.1 Å². The molecule has 1 aromatic carbocycles. The highest BCUT2D eigenvalue weighted by molar-refractivity contribution is 6.33. The topological polar surface area (TPSA) is 91.8 Å². The maximum absolute atomic E-state index is 11.0. The lowest BCUT2D eigenvalue weighted by molar-refractivity contribution is 0.1000. The summed E-state index contributed by atoms with van der Waals surface area (Å²) in [5, 5.41) is 12.3. The van der Waals surface area contributed by atoms with Gasteiger partial charge in [0, 0.05) is 12.2 Å². The summed E-state index contributed by atoms with van der Waals surface area (Å²) >= 11 is 6.08. The number of nitrogens with one attached hydrogen (secondary N) is 1. The molecule has 3 N–H and O–H groups in total. The maximum Gasteiger partial charge on any atom is 0.250 e. The van der Waals surface area contributed by atoms with E-state index in [4.69, 9.17) is 22.6 Å². The highest BCUT2D eigenvalue weighted by Crippen LogP contribution is 2.25. The molecule has 1 aromatic heterocycles. The Morgan fingerprint density at radius 3 is 2.62 bits per heavy atom. The molecule has 1 amide bonds. The van der Waals surface area contributed by atoms with Gasteiger partial charge in [-0.05, 0) is 30.7 Å². The lowest BCUT2D eigenvalue weighted by Gasteiger charge is -2.16. The van der Waals surface area contributed by atoms with Crippen molar-refractivity contribution in [3.8, 4) is 6.07 Å². The lowest BCUT2D eigenvalue weighted by Crippen LogP contribution is -2.13.